The Bertz CT molecular complexity index is 1030. The quantitative estimate of drug-likeness (QED) is 0.0936. The third-order valence-electron chi connectivity index (χ3n) is 5.43. The number of amides is 1. The highest BCUT2D eigenvalue weighted by Gasteiger charge is 2.19. The highest BCUT2D eigenvalue weighted by Crippen LogP contribution is 2.19. The van der Waals surface area contributed by atoms with Crippen molar-refractivity contribution < 1.29 is 28.6 Å². The number of carboxylic acids is 1. The van der Waals surface area contributed by atoms with Gasteiger partial charge in [0.05, 0.1) is 20.1 Å². The molecule has 1 rings (SSSR count). The van der Waals surface area contributed by atoms with E-state index in [9.17, 15) is 19.1 Å². The minimum absolute atomic E-state index is 0.0297. The molecule has 0 bridgehead atoms. The lowest BCUT2D eigenvalue weighted by Crippen LogP contribution is -2.41. The van der Waals surface area contributed by atoms with E-state index in [4.69, 9.17) is 9.47 Å². The number of carboxylic acid groups (broad SMARTS) is 1. The Morgan fingerprint density at radius 1 is 1.10 bits per heavy atom. The smallest absolute Gasteiger partial charge is 0.320 e. The molecule has 0 aliphatic rings. The van der Waals surface area contributed by atoms with Gasteiger partial charge in [-0.05, 0) is 44.7 Å². The molecule has 1 aromatic rings. The lowest BCUT2D eigenvalue weighted by atomic mass is 9.92. The molecule has 0 unspecified atom stereocenters. The number of carbonyl (C=O) groups is 2. The van der Waals surface area contributed by atoms with Crippen molar-refractivity contribution in [3.05, 3.63) is 65.0 Å². The number of ether oxygens (including phenoxy) is 2. The Hall–Kier alpha value is -3.05. The van der Waals surface area contributed by atoms with E-state index < -0.39 is 17.8 Å². The molecule has 0 heterocycles. The first-order valence-corrected chi connectivity index (χ1v) is 13.4. The summed E-state index contributed by atoms with van der Waals surface area (Å²) in [6.07, 6.45) is 4.67. The van der Waals surface area contributed by atoms with E-state index in [1.807, 2.05) is 47.6 Å². The summed E-state index contributed by atoms with van der Waals surface area (Å²) in [7, 11) is 0. The Morgan fingerprint density at radius 3 is 2.48 bits per heavy atom. The molecule has 0 fully saturated rings. The van der Waals surface area contributed by atoms with E-state index in [0.29, 0.717) is 30.9 Å². The van der Waals surface area contributed by atoms with E-state index >= 15 is 0 Å². The molecule has 0 aliphatic heterocycles. The lowest BCUT2D eigenvalue weighted by Gasteiger charge is -2.19. The summed E-state index contributed by atoms with van der Waals surface area (Å²) in [5.74, 6) is -1.55. The normalized spacial score (nSPS) is 13.2. The summed E-state index contributed by atoms with van der Waals surface area (Å²) >= 11 is 0. The van der Waals surface area contributed by atoms with Crippen LogP contribution in [0.15, 0.2) is 53.6 Å². The third-order valence-corrected chi connectivity index (χ3v) is 5.43. The molecular weight excluding hydrogens is 515 g/mol. The molecule has 1 amide bonds. The van der Waals surface area contributed by atoms with E-state index in [1.165, 1.54) is 12.1 Å². The average Bonchev–Trinajstić information content (AvgIpc) is 2.81. The number of nitrogens with one attached hydrogen (secondary N) is 4. The predicted octanol–water partition coefficient (Wildman–Crippen LogP) is 4.69. The SMILES string of the molecule is C=C(C)/C=C(C)\C=C(\C)CNCOCNc1cc(F)ccc1COCN[C@@H](CCNC(=O)CC(C)(C)C)C(=O)O. The van der Waals surface area contributed by atoms with Gasteiger partial charge in [0.2, 0.25) is 5.91 Å². The van der Waals surface area contributed by atoms with E-state index in [2.05, 4.69) is 33.9 Å². The van der Waals surface area contributed by atoms with Gasteiger partial charge in [-0.25, -0.2) is 4.39 Å². The molecule has 0 aromatic heterocycles. The molecule has 10 heteroatoms. The fourth-order valence-corrected chi connectivity index (χ4v) is 3.74. The first-order chi connectivity index (χ1) is 18.8. The van der Waals surface area contributed by atoms with E-state index in [0.717, 1.165) is 16.7 Å². The average molecular weight is 563 g/mol. The number of hydrogen-bond donors (Lipinski definition) is 5. The molecular formula is C30H47FN4O5. The Labute approximate surface area is 238 Å². The second-order valence-corrected chi connectivity index (χ2v) is 11.1. The molecule has 5 N–H and O–H groups in total. The second-order valence-electron chi connectivity index (χ2n) is 11.1. The molecule has 224 valence electrons. The van der Waals surface area contributed by atoms with E-state index in [1.54, 1.807) is 6.07 Å². The van der Waals surface area contributed by atoms with Crippen LogP contribution < -0.4 is 21.3 Å². The number of hydrogen-bond acceptors (Lipinski definition) is 7. The molecule has 1 atom stereocenters. The predicted molar refractivity (Wildman–Crippen MR) is 157 cm³/mol. The first-order valence-electron chi connectivity index (χ1n) is 13.4. The number of halogens is 1. The van der Waals surface area contributed by atoms with Crippen molar-refractivity contribution in [1.29, 1.82) is 0 Å². The van der Waals surface area contributed by atoms with Gasteiger partial charge in [0.15, 0.2) is 0 Å². The third kappa shape index (κ3) is 16.8. The van der Waals surface area contributed by atoms with Gasteiger partial charge in [-0.15, -0.1) is 0 Å². The van der Waals surface area contributed by atoms with Crippen molar-refractivity contribution in [2.45, 2.75) is 67.0 Å². The van der Waals surface area contributed by atoms with Crippen LogP contribution in [0.2, 0.25) is 0 Å². The molecule has 9 nitrogen and oxygen atoms in total. The molecule has 0 saturated heterocycles. The van der Waals surface area contributed by atoms with Gasteiger partial charge < -0.3 is 25.2 Å². The van der Waals surface area contributed by atoms with Crippen LogP contribution in [-0.4, -0.2) is 56.3 Å². The van der Waals surface area contributed by atoms with Gasteiger partial charge in [-0.3, -0.25) is 20.2 Å². The Kier molecular flexibility index (Phi) is 16.0. The minimum atomic E-state index is -1.03. The van der Waals surface area contributed by atoms with Crippen LogP contribution in [0.3, 0.4) is 0 Å². The zero-order chi connectivity index (χ0) is 30.1. The molecule has 0 spiro atoms. The summed E-state index contributed by atoms with van der Waals surface area (Å²) in [5, 5.41) is 21.3. The highest BCUT2D eigenvalue weighted by atomic mass is 19.1. The fraction of sp³-hybridized carbons (Fsp3) is 0.533. The summed E-state index contributed by atoms with van der Waals surface area (Å²) in [6, 6.07) is 3.41. The van der Waals surface area contributed by atoms with Gasteiger partial charge in [-0.1, -0.05) is 62.3 Å². The molecule has 40 heavy (non-hydrogen) atoms. The standard InChI is InChI=1S/C30H47FN4O5/c1-21(2)12-22(3)13-23(4)16-32-18-40-20-35-27-14-25(31)9-8-24(27)17-39-19-34-26(29(37)38)10-11-33-28(36)15-30(5,6)7/h8-9,12-14,26,32,34-35H,1,10-11,15-20H2,2-7H3,(H,33,36)(H,37,38)/b22-12-,23-13-/t26-/m0/s1. The summed E-state index contributed by atoms with van der Waals surface area (Å²) < 4.78 is 25.0. The van der Waals surface area contributed by atoms with Crippen molar-refractivity contribution in [2.75, 3.05) is 38.6 Å². The van der Waals surface area contributed by atoms with Crippen molar-refractivity contribution >= 4 is 17.6 Å². The number of aliphatic carboxylic acids is 1. The zero-order valence-electron chi connectivity index (χ0n) is 24.8. The van der Waals surface area contributed by atoms with E-state index in [-0.39, 0.29) is 44.4 Å². The van der Waals surface area contributed by atoms with Crippen molar-refractivity contribution in [3.8, 4) is 0 Å². The van der Waals surface area contributed by atoms with Crippen molar-refractivity contribution in [3.63, 3.8) is 0 Å². The largest absolute Gasteiger partial charge is 0.480 e. The van der Waals surface area contributed by atoms with Crippen LogP contribution >= 0.6 is 0 Å². The number of allylic oxidation sites excluding steroid dienone is 4. The Balaban J connectivity index is 2.43. The highest BCUT2D eigenvalue weighted by molar-refractivity contribution is 5.77. The molecule has 1 aromatic carbocycles. The topological polar surface area (TPSA) is 121 Å². The first kappa shape index (κ1) is 35.0. The molecule has 0 radical (unpaired) electrons. The number of carbonyl (C=O) groups excluding carboxylic acids is 1. The maximum absolute atomic E-state index is 13.8. The minimum Gasteiger partial charge on any atom is -0.480 e. The number of anilines is 1. The summed E-state index contributed by atoms with van der Waals surface area (Å²) in [5.41, 5.74) is 4.36. The summed E-state index contributed by atoms with van der Waals surface area (Å²) in [6.45, 7) is 17.2. The van der Waals surface area contributed by atoms with Gasteiger partial charge in [-0.2, -0.15) is 0 Å². The van der Waals surface area contributed by atoms with Crippen LogP contribution in [0, 0.1) is 11.2 Å². The van der Waals surface area contributed by atoms with Gasteiger partial charge in [0.1, 0.15) is 18.6 Å². The fourth-order valence-electron chi connectivity index (χ4n) is 3.74. The van der Waals surface area contributed by atoms with Crippen molar-refractivity contribution in [2.24, 2.45) is 5.41 Å². The van der Waals surface area contributed by atoms with Crippen LogP contribution in [0.25, 0.3) is 0 Å². The second kappa shape index (κ2) is 18.3. The number of rotatable bonds is 19. The zero-order valence-corrected chi connectivity index (χ0v) is 24.8. The molecule has 0 saturated carbocycles. The maximum atomic E-state index is 13.8. The van der Waals surface area contributed by atoms with Gasteiger partial charge in [0.25, 0.3) is 0 Å². The lowest BCUT2D eigenvalue weighted by molar-refractivity contribution is -0.140. The Morgan fingerprint density at radius 2 is 1.82 bits per heavy atom. The van der Waals surface area contributed by atoms with Crippen LogP contribution in [0.1, 0.15) is 59.9 Å². The van der Waals surface area contributed by atoms with Crippen LogP contribution in [-0.2, 0) is 25.7 Å². The molecule has 0 aliphatic carbocycles. The number of benzene rings is 1. The summed E-state index contributed by atoms with van der Waals surface area (Å²) in [4.78, 5) is 23.5. The maximum Gasteiger partial charge on any atom is 0.320 e. The van der Waals surface area contributed by atoms with Crippen LogP contribution in [0.5, 0.6) is 0 Å². The monoisotopic (exact) mass is 562 g/mol. The van der Waals surface area contributed by atoms with Gasteiger partial charge >= 0.3 is 5.97 Å². The van der Waals surface area contributed by atoms with Crippen molar-refractivity contribution in [1.82, 2.24) is 16.0 Å². The van der Waals surface area contributed by atoms with Gasteiger partial charge in [0, 0.05) is 30.8 Å². The van der Waals surface area contributed by atoms with Crippen LogP contribution in [0.4, 0.5) is 10.1 Å².